The van der Waals surface area contributed by atoms with Gasteiger partial charge in [-0.2, -0.15) is 13.2 Å². The number of hydrogen-bond acceptors (Lipinski definition) is 1. The summed E-state index contributed by atoms with van der Waals surface area (Å²) in [5.41, 5.74) is -0.181. The summed E-state index contributed by atoms with van der Waals surface area (Å²) < 4.78 is 50.9. The summed E-state index contributed by atoms with van der Waals surface area (Å²) in [6, 6.07) is 11.5. The first-order valence-corrected chi connectivity index (χ1v) is 6.61. The van der Waals surface area contributed by atoms with E-state index in [1.165, 1.54) is 0 Å². The number of benzene rings is 2. The summed E-state index contributed by atoms with van der Waals surface area (Å²) in [6.45, 7) is 0.202. The Kier molecular flexibility index (Phi) is 4.73. The number of anilines is 1. The molecule has 0 saturated heterocycles. The molecule has 1 unspecified atom stereocenters. The monoisotopic (exact) mass is 317 g/mol. The third kappa shape index (κ3) is 4.11. The molecule has 0 bridgehead atoms. The van der Waals surface area contributed by atoms with Crippen LogP contribution in [-0.2, 0) is 6.18 Å². The van der Waals surface area contributed by atoms with E-state index in [-0.39, 0.29) is 12.2 Å². The lowest BCUT2D eigenvalue weighted by Gasteiger charge is -2.14. The zero-order chi connectivity index (χ0) is 15.5. The first-order chi connectivity index (χ1) is 9.88. The zero-order valence-corrected chi connectivity index (χ0v) is 11.5. The van der Waals surface area contributed by atoms with E-state index in [0.29, 0.717) is 6.07 Å². The van der Waals surface area contributed by atoms with E-state index < -0.39 is 22.9 Å². The van der Waals surface area contributed by atoms with Gasteiger partial charge in [0.05, 0.1) is 16.6 Å². The van der Waals surface area contributed by atoms with Gasteiger partial charge in [-0.1, -0.05) is 30.3 Å². The highest BCUT2D eigenvalue weighted by Gasteiger charge is 2.31. The van der Waals surface area contributed by atoms with Crippen LogP contribution in [0.2, 0.25) is 0 Å². The zero-order valence-electron chi connectivity index (χ0n) is 10.8. The number of halogens is 5. The van der Waals surface area contributed by atoms with Crippen LogP contribution in [0.1, 0.15) is 16.5 Å². The molecule has 2 rings (SSSR count). The molecular weight excluding hydrogens is 306 g/mol. The average Bonchev–Trinajstić information content (AvgIpc) is 2.45. The van der Waals surface area contributed by atoms with Crippen LogP contribution in [0, 0.1) is 5.82 Å². The minimum absolute atomic E-state index is 0.00965. The first kappa shape index (κ1) is 15.6. The molecule has 2 aromatic rings. The van der Waals surface area contributed by atoms with E-state index >= 15 is 0 Å². The maximum atomic E-state index is 13.6. The molecule has 1 atom stereocenters. The summed E-state index contributed by atoms with van der Waals surface area (Å²) in [6.07, 6.45) is -4.56. The minimum Gasteiger partial charge on any atom is -0.381 e. The Morgan fingerprint density at radius 2 is 1.71 bits per heavy atom. The first-order valence-electron chi connectivity index (χ1n) is 6.17. The van der Waals surface area contributed by atoms with Crippen LogP contribution in [0.4, 0.5) is 23.2 Å². The topological polar surface area (TPSA) is 12.0 Å². The fourth-order valence-electron chi connectivity index (χ4n) is 1.81. The molecule has 112 valence electrons. The van der Waals surface area contributed by atoms with Gasteiger partial charge in [0.15, 0.2) is 0 Å². The summed E-state index contributed by atoms with van der Waals surface area (Å²) in [4.78, 5) is 0. The van der Waals surface area contributed by atoms with Crippen LogP contribution >= 0.6 is 11.6 Å². The third-order valence-electron chi connectivity index (χ3n) is 2.93. The maximum absolute atomic E-state index is 13.6. The molecule has 0 aliphatic carbocycles. The highest BCUT2D eigenvalue weighted by molar-refractivity contribution is 6.21. The maximum Gasteiger partial charge on any atom is 0.416 e. The minimum atomic E-state index is -4.56. The lowest BCUT2D eigenvalue weighted by molar-refractivity contribution is -0.137. The Balaban J connectivity index is 2.04. The second-order valence-corrected chi connectivity index (χ2v) is 4.98. The lowest BCUT2D eigenvalue weighted by atomic mass is 10.1. The molecule has 0 saturated carbocycles. The molecule has 6 heteroatoms. The van der Waals surface area contributed by atoms with Crippen molar-refractivity contribution in [3.05, 3.63) is 65.5 Å². The predicted octanol–water partition coefficient (Wildman–Crippen LogP) is 5.24. The molecular formula is C15H12ClF4N. The Morgan fingerprint density at radius 1 is 1.05 bits per heavy atom. The van der Waals surface area contributed by atoms with Gasteiger partial charge in [0.25, 0.3) is 0 Å². The van der Waals surface area contributed by atoms with Gasteiger partial charge in [0.2, 0.25) is 0 Å². The van der Waals surface area contributed by atoms with Gasteiger partial charge in [-0.15, -0.1) is 11.6 Å². The Bertz CT molecular complexity index is 598. The molecule has 0 aromatic heterocycles. The highest BCUT2D eigenvalue weighted by atomic mass is 35.5. The molecule has 0 aliphatic heterocycles. The van der Waals surface area contributed by atoms with Crippen LogP contribution in [0.3, 0.4) is 0 Å². The largest absolute Gasteiger partial charge is 0.416 e. The lowest BCUT2D eigenvalue weighted by Crippen LogP contribution is -2.11. The molecule has 0 heterocycles. The van der Waals surface area contributed by atoms with Crippen molar-refractivity contribution in [3.63, 3.8) is 0 Å². The second-order valence-electron chi connectivity index (χ2n) is 4.45. The fourth-order valence-corrected chi connectivity index (χ4v) is 2.04. The van der Waals surface area contributed by atoms with E-state index in [0.717, 1.165) is 17.7 Å². The van der Waals surface area contributed by atoms with E-state index in [4.69, 9.17) is 11.6 Å². The van der Waals surface area contributed by atoms with Crippen molar-refractivity contribution in [1.82, 2.24) is 0 Å². The van der Waals surface area contributed by atoms with Gasteiger partial charge in [-0.05, 0) is 23.8 Å². The van der Waals surface area contributed by atoms with Gasteiger partial charge in [-0.3, -0.25) is 0 Å². The van der Waals surface area contributed by atoms with E-state index in [1.807, 2.05) is 30.3 Å². The predicted molar refractivity (Wildman–Crippen MR) is 74.9 cm³/mol. The summed E-state index contributed by atoms with van der Waals surface area (Å²) in [5, 5.41) is 2.31. The molecule has 0 amide bonds. The summed E-state index contributed by atoms with van der Waals surface area (Å²) >= 11 is 6.15. The van der Waals surface area contributed by atoms with Crippen LogP contribution in [0.25, 0.3) is 0 Å². The van der Waals surface area contributed by atoms with Crippen molar-refractivity contribution in [3.8, 4) is 0 Å². The average molecular weight is 318 g/mol. The Morgan fingerprint density at radius 3 is 2.29 bits per heavy atom. The molecule has 1 N–H and O–H groups in total. The quantitative estimate of drug-likeness (QED) is 0.601. The van der Waals surface area contributed by atoms with Gasteiger partial charge >= 0.3 is 6.18 Å². The van der Waals surface area contributed by atoms with E-state index in [9.17, 15) is 17.6 Å². The molecule has 0 spiro atoms. The van der Waals surface area contributed by atoms with Crippen molar-refractivity contribution < 1.29 is 17.6 Å². The second kappa shape index (κ2) is 6.35. The van der Waals surface area contributed by atoms with Crippen molar-refractivity contribution in [1.29, 1.82) is 0 Å². The van der Waals surface area contributed by atoms with Gasteiger partial charge < -0.3 is 5.32 Å². The highest BCUT2D eigenvalue weighted by Crippen LogP contribution is 2.31. The number of hydrogen-bond donors (Lipinski definition) is 1. The number of nitrogens with one attached hydrogen (secondary N) is 1. The van der Waals surface area contributed by atoms with Crippen molar-refractivity contribution in [2.24, 2.45) is 0 Å². The summed E-state index contributed by atoms with van der Waals surface area (Å²) in [5.74, 6) is -0.957. The van der Waals surface area contributed by atoms with Crippen molar-refractivity contribution in [2.45, 2.75) is 11.6 Å². The van der Waals surface area contributed by atoms with Gasteiger partial charge in [-0.25, -0.2) is 4.39 Å². The normalized spacial score (nSPS) is 13.0. The van der Waals surface area contributed by atoms with E-state index in [2.05, 4.69) is 5.32 Å². The van der Waals surface area contributed by atoms with Crippen LogP contribution < -0.4 is 5.32 Å². The smallest absolute Gasteiger partial charge is 0.381 e. The van der Waals surface area contributed by atoms with Crippen molar-refractivity contribution in [2.75, 3.05) is 11.9 Å². The number of alkyl halides is 4. The van der Waals surface area contributed by atoms with Crippen LogP contribution in [0.5, 0.6) is 0 Å². The standard InChI is InChI=1S/C15H12ClF4N/c16-12(10-4-2-1-3-5-10)9-21-14-7-6-11(8-13(14)17)15(18,19)20/h1-8,12,21H,9H2. The Hall–Kier alpha value is -1.75. The molecule has 0 radical (unpaired) electrons. The summed E-state index contributed by atoms with van der Waals surface area (Å²) in [7, 11) is 0. The molecule has 2 aromatic carbocycles. The fraction of sp³-hybridized carbons (Fsp3) is 0.200. The van der Waals surface area contributed by atoms with E-state index in [1.54, 1.807) is 0 Å². The van der Waals surface area contributed by atoms with Gasteiger partial charge in [0, 0.05) is 6.54 Å². The van der Waals surface area contributed by atoms with Crippen molar-refractivity contribution >= 4 is 17.3 Å². The SMILES string of the molecule is Fc1cc(C(F)(F)F)ccc1NCC(Cl)c1ccccc1. The molecule has 21 heavy (non-hydrogen) atoms. The molecule has 0 fully saturated rings. The molecule has 1 nitrogen and oxygen atoms in total. The van der Waals surface area contributed by atoms with Crippen LogP contribution in [-0.4, -0.2) is 6.54 Å². The Labute approximate surface area is 124 Å². The number of rotatable bonds is 4. The van der Waals surface area contributed by atoms with Crippen LogP contribution in [0.15, 0.2) is 48.5 Å². The molecule has 0 aliphatic rings. The van der Waals surface area contributed by atoms with Gasteiger partial charge in [0.1, 0.15) is 5.82 Å². The third-order valence-corrected chi connectivity index (χ3v) is 3.34.